The summed E-state index contributed by atoms with van der Waals surface area (Å²) in [5.74, 6) is 0.992. The molecule has 1 N–H and O–H groups in total. The fourth-order valence-electron chi connectivity index (χ4n) is 2.61. The Kier molecular flexibility index (Phi) is 5.09. The van der Waals surface area contributed by atoms with Crippen LogP contribution in [0, 0.1) is 0 Å². The minimum Gasteiger partial charge on any atom is -0.493 e. The maximum Gasteiger partial charge on any atom is 0.303 e. The molecule has 0 fully saturated rings. The lowest BCUT2D eigenvalue weighted by molar-refractivity contribution is -0.137. The summed E-state index contributed by atoms with van der Waals surface area (Å²) < 4.78 is 16.3. The third-order valence-corrected chi connectivity index (χ3v) is 3.61. The molecule has 0 spiro atoms. The van der Waals surface area contributed by atoms with E-state index in [1.807, 2.05) is 24.3 Å². The second-order valence-corrected chi connectivity index (χ2v) is 4.90. The average molecular weight is 304 g/mol. The van der Waals surface area contributed by atoms with Gasteiger partial charge in [-0.3, -0.25) is 4.79 Å². The maximum atomic E-state index is 10.7. The van der Waals surface area contributed by atoms with E-state index in [0.29, 0.717) is 30.1 Å². The van der Waals surface area contributed by atoms with Crippen molar-refractivity contribution in [2.75, 3.05) is 21.3 Å². The van der Waals surface area contributed by atoms with Gasteiger partial charge in [0.2, 0.25) is 5.75 Å². The van der Waals surface area contributed by atoms with E-state index in [2.05, 4.69) is 0 Å². The zero-order valence-corrected chi connectivity index (χ0v) is 13.0. The van der Waals surface area contributed by atoms with E-state index in [4.69, 9.17) is 19.3 Å². The Morgan fingerprint density at radius 2 is 1.77 bits per heavy atom. The van der Waals surface area contributed by atoms with Crippen LogP contribution in [0.3, 0.4) is 0 Å². The first-order chi connectivity index (χ1) is 10.6. The van der Waals surface area contributed by atoms with Crippen LogP contribution in [0.2, 0.25) is 0 Å². The van der Waals surface area contributed by atoms with Gasteiger partial charge >= 0.3 is 5.97 Å². The van der Waals surface area contributed by atoms with Crippen LogP contribution < -0.4 is 14.2 Å². The first-order valence-electron chi connectivity index (χ1n) is 7.04. The number of rotatable bonds is 7. The summed E-state index contributed by atoms with van der Waals surface area (Å²) in [6.45, 7) is 0. The van der Waals surface area contributed by atoms with Crippen molar-refractivity contribution in [1.82, 2.24) is 0 Å². The number of benzene rings is 2. The van der Waals surface area contributed by atoms with E-state index in [9.17, 15) is 4.79 Å². The molecule has 5 heteroatoms. The van der Waals surface area contributed by atoms with Gasteiger partial charge in [0.05, 0.1) is 21.3 Å². The van der Waals surface area contributed by atoms with Crippen molar-refractivity contribution in [1.29, 1.82) is 0 Å². The molecule has 0 amide bonds. The summed E-state index contributed by atoms with van der Waals surface area (Å²) in [5.41, 5.74) is 1.07. The molecular formula is C17H20O5. The van der Waals surface area contributed by atoms with Gasteiger partial charge in [-0.25, -0.2) is 0 Å². The molecular weight excluding hydrogens is 284 g/mol. The predicted octanol–water partition coefficient (Wildman–Crippen LogP) is 3.27. The molecule has 118 valence electrons. The Labute approximate surface area is 129 Å². The normalized spacial score (nSPS) is 10.5. The lowest BCUT2D eigenvalue weighted by Crippen LogP contribution is -1.99. The molecule has 2 aromatic rings. The second kappa shape index (κ2) is 7.02. The van der Waals surface area contributed by atoms with Gasteiger partial charge in [0, 0.05) is 11.8 Å². The number of carboxylic acids is 1. The van der Waals surface area contributed by atoms with Gasteiger partial charge in [-0.05, 0) is 29.9 Å². The Morgan fingerprint density at radius 3 is 2.36 bits per heavy atom. The Bertz CT molecular complexity index is 678. The number of hydrogen-bond acceptors (Lipinski definition) is 4. The Hall–Kier alpha value is -2.43. The molecule has 0 aliphatic heterocycles. The summed E-state index contributed by atoms with van der Waals surface area (Å²) in [5, 5.41) is 10.7. The van der Waals surface area contributed by atoms with Crippen LogP contribution in [-0.4, -0.2) is 32.4 Å². The molecule has 5 nitrogen and oxygen atoms in total. The van der Waals surface area contributed by atoms with Gasteiger partial charge < -0.3 is 19.3 Å². The largest absolute Gasteiger partial charge is 0.493 e. The molecule has 0 aromatic heterocycles. The SMILES string of the molecule is COc1cc2c(CCCC(=O)O)cccc2c(OC)c1OC. The molecule has 0 heterocycles. The van der Waals surface area contributed by atoms with Crippen LogP contribution in [0.5, 0.6) is 17.2 Å². The van der Waals surface area contributed by atoms with E-state index in [1.54, 1.807) is 21.3 Å². The summed E-state index contributed by atoms with van der Waals surface area (Å²) in [6.07, 6.45) is 1.42. The van der Waals surface area contributed by atoms with E-state index in [-0.39, 0.29) is 6.42 Å². The van der Waals surface area contributed by atoms with Gasteiger partial charge in [-0.2, -0.15) is 0 Å². The van der Waals surface area contributed by atoms with Crippen molar-refractivity contribution in [3.63, 3.8) is 0 Å². The topological polar surface area (TPSA) is 65.0 Å². The third kappa shape index (κ3) is 3.08. The highest BCUT2D eigenvalue weighted by atomic mass is 16.5. The minimum atomic E-state index is -0.780. The second-order valence-electron chi connectivity index (χ2n) is 4.90. The van der Waals surface area contributed by atoms with E-state index < -0.39 is 5.97 Å². The smallest absolute Gasteiger partial charge is 0.303 e. The average Bonchev–Trinajstić information content (AvgIpc) is 2.52. The number of aliphatic carboxylic acids is 1. The first-order valence-corrected chi connectivity index (χ1v) is 7.04. The van der Waals surface area contributed by atoms with Gasteiger partial charge in [0.1, 0.15) is 0 Å². The van der Waals surface area contributed by atoms with Gasteiger partial charge in [0.25, 0.3) is 0 Å². The van der Waals surface area contributed by atoms with Crippen molar-refractivity contribution in [3.8, 4) is 17.2 Å². The molecule has 0 saturated heterocycles. The fourth-order valence-corrected chi connectivity index (χ4v) is 2.61. The lowest BCUT2D eigenvalue weighted by Gasteiger charge is -2.16. The molecule has 0 atom stereocenters. The summed E-state index contributed by atoms with van der Waals surface area (Å²) in [7, 11) is 4.74. The molecule has 0 radical (unpaired) electrons. The molecule has 0 aliphatic rings. The van der Waals surface area contributed by atoms with Gasteiger partial charge in [-0.1, -0.05) is 18.2 Å². The molecule has 2 rings (SSSR count). The number of ether oxygens (including phenoxy) is 3. The number of carbonyl (C=O) groups is 1. The summed E-state index contributed by atoms with van der Waals surface area (Å²) in [4.78, 5) is 10.7. The summed E-state index contributed by atoms with van der Waals surface area (Å²) in [6, 6.07) is 7.80. The third-order valence-electron chi connectivity index (χ3n) is 3.61. The summed E-state index contributed by atoms with van der Waals surface area (Å²) >= 11 is 0. The number of hydrogen-bond donors (Lipinski definition) is 1. The molecule has 2 aromatic carbocycles. The monoisotopic (exact) mass is 304 g/mol. The number of fused-ring (bicyclic) bond motifs is 1. The number of aryl methyl sites for hydroxylation is 1. The van der Waals surface area contributed by atoms with Crippen LogP contribution in [0.1, 0.15) is 18.4 Å². The quantitative estimate of drug-likeness (QED) is 0.850. The van der Waals surface area contributed by atoms with Crippen molar-refractivity contribution in [3.05, 3.63) is 29.8 Å². The molecule has 0 unspecified atom stereocenters. The van der Waals surface area contributed by atoms with E-state index in [0.717, 1.165) is 16.3 Å². The maximum absolute atomic E-state index is 10.7. The highest BCUT2D eigenvalue weighted by Gasteiger charge is 2.17. The van der Waals surface area contributed by atoms with Crippen molar-refractivity contribution >= 4 is 16.7 Å². The van der Waals surface area contributed by atoms with Crippen molar-refractivity contribution in [2.45, 2.75) is 19.3 Å². The van der Waals surface area contributed by atoms with Crippen molar-refractivity contribution < 1.29 is 24.1 Å². The molecule has 0 saturated carbocycles. The van der Waals surface area contributed by atoms with Crippen LogP contribution in [0.4, 0.5) is 0 Å². The zero-order valence-electron chi connectivity index (χ0n) is 13.0. The van der Waals surface area contributed by atoms with Crippen LogP contribution in [0.25, 0.3) is 10.8 Å². The van der Waals surface area contributed by atoms with Crippen molar-refractivity contribution in [2.24, 2.45) is 0 Å². The highest BCUT2D eigenvalue weighted by molar-refractivity contribution is 5.95. The fraction of sp³-hybridized carbons (Fsp3) is 0.353. The Morgan fingerprint density at radius 1 is 1.05 bits per heavy atom. The highest BCUT2D eigenvalue weighted by Crippen LogP contribution is 2.44. The minimum absolute atomic E-state index is 0.154. The van der Waals surface area contributed by atoms with Crippen LogP contribution in [-0.2, 0) is 11.2 Å². The van der Waals surface area contributed by atoms with Crippen LogP contribution in [0.15, 0.2) is 24.3 Å². The standard InChI is InChI=1S/C17H20O5/c1-20-14-10-13-11(7-5-9-15(18)19)6-4-8-12(13)16(21-2)17(14)22-3/h4,6,8,10H,5,7,9H2,1-3H3,(H,18,19). The first kappa shape index (κ1) is 15.9. The van der Waals surface area contributed by atoms with Crippen LogP contribution >= 0.6 is 0 Å². The molecule has 22 heavy (non-hydrogen) atoms. The zero-order chi connectivity index (χ0) is 16.1. The number of methoxy groups -OCH3 is 3. The molecule has 0 aliphatic carbocycles. The van der Waals surface area contributed by atoms with E-state index >= 15 is 0 Å². The number of carboxylic acid groups (broad SMARTS) is 1. The van der Waals surface area contributed by atoms with Gasteiger partial charge in [-0.15, -0.1) is 0 Å². The molecule has 0 bridgehead atoms. The lowest BCUT2D eigenvalue weighted by atomic mass is 9.98. The predicted molar refractivity (Wildman–Crippen MR) is 84.2 cm³/mol. The Balaban J connectivity index is 2.53. The van der Waals surface area contributed by atoms with E-state index in [1.165, 1.54) is 0 Å². The van der Waals surface area contributed by atoms with Gasteiger partial charge in [0.15, 0.2) is 11.5 Å².